The number of aliphatic hydroxyl groups is 1. The number of ether oxygens (including phenoxy) is 1. The van der Waals surface area contributed by atoms with Gasteiger partial charge in [-0.2, -0.15) is 26.9 Å². The third kappa shape index (κ3) is 6.91. The Labute approximate surface area is 204 Å². The lowest BCUT2D eigenvalue weighted by Crippen LogP contribution is -2.47. The van der Waals surface area contributed by atoms with E-state index in [2.05, 4.69) is 24.7 Å². The van der Waals surface area contributed by atoms with Crippen LogP contribution >= 0.6 is 0 Å². The Bertz CT molecular complexity index is 1190. The smallest absolute Gasteiger partial charge is 0.421 e. The third-order valence-electron chi connectivity index (χ3n) is 5.17. The minimum absolute atomic E-state index is 0.109. The largest absolute Gasteiger partial charge is 0.433 e. The van der Waals surface area contributed by atoms with Crippen LogP contribution in [0.5, 0.6) is 5.75 Å². The Morgan fingerprint density at radius 2 is 1.94 bits per heavy atom. The van der Waals surface area contributed by atoms with E-state index in [1.807, 2.05) is 0 Å². The van der Waals surface area contributed by atoms with Gasteiger partial charge in [-0.15, -0.1) is 0 Å². The fourth-order valence-corrected chi connectivity index (χ4v) is 5.01. The summed E-state index contributed by atoms with van der Waals surface area (Å²) in [6.07, 6.45) is -3.42. The molecule has 1 aliphatic heterocycles. The molecule has 9 nitrogen and oxygen atoms in total. The van der Waals surface area contributed by atoms with Gasteiger partial charge in [-0.1, -0.05) is 0 Å². The van der Waals surface area contributed by atoms with E-state index < -0.39 is 51.6 Å². The quantitative estimate of drug-likeness (QED) is 0.433. The summed E-state index contributed by atoms with van der Waals surface area (Å²) in [5.74, 6) is -1.45. The predicted molar refractivity (Wildman–Crippen MR) is 121 cm³/mol. The first-order valence-corrected chi connectivity index (χ1v) is 12.4. The van der Waals surface area contributed by atoms with E-state index in [4.69, 9.17) is 0 Å². The minimum atomic E-state index is -4.79. The number of anilines is 3. The highest BCUT2D eigenvalue weighted by Gasteiger charge is 2.39. The van der Waals surface area contributed by atoms with Crippen LogP contribution in [0.4, 0.5) is 39.4 Å². The average molecular weight is 540 g/mol. The number of rotatable bonds is 8. The summed E-state index contributed by atoms with van der Waals surface area (Å²) < 4.78 is 98.6. The molecule has 3 N–H and O–H groups in total. The number of alkyl halides is 5. The molecule has 1 atom stereocenters. The van der Waals surface area contributed by atoms with Crippen LogP contribution in [0, 0.1) is 0 Å². The second kappa shape index (κ2) is 10.3. The second-order valence-corrected chi connectivity index (χ2v) is 10.6. The Morgan fingerprint density at radius 1 is 1.25 bits per heavy atom. The number of aromatic nitrogens is 2. The highest BCUT2D eigenvalue weighted by Crippen LogP contribution is 2.38. The van der Waals surface area contributed by atoms with Crippen LogP contribution in [0.1, 0.15) is 39.2 Å². The summed E-state index contributed by atoms with van der Waals surface area (Å²) in [6, 6.07) is 2.60. The molecule has 1 aromatic carbocycles. The van der Waals surface area contributed by atoms with Gasteiger partial charge in [-0.3, -0.25) is 0 Å². The van der Waals surface area contributed by atoms with Crippen molar-refractivity contribution >= 4 is 27.5 Å². The van der Waals surface area contributed by atoms with Gasteiger partial charge < -0.3 is 20.1 Å². The third-order valence-corrected chi connectivity index (χ3v) is 6.82. The van der Waals surface area contributed by atoms with Gasteiger partial charge in [0.05, 0.1) is 16.2 Å². The molecule has 1 aromatic heterocycles. The van der Waals surface area contributed by atoms with Crippen molar-refractivity contribution in [2.45, 2.75) is 62.9 Å². The lowest BCUT2D eigenvalue weighted by molar-refractivity contribution is -0.137. The lowest BCUT2D eigenvalue weighted by Gasteiger charge is -2.38. The van der Waals surface area contributed by atoms with Crippen LogP contribution in [-0.2, 0) is 16.2 Å². The number of β-amino-alcohol motifs (C(OH)–C–C–N with tert-alkyl or cyclic N) is 1. The molecule has 36 heavy (non-hydrogen) atoms. The van der Waals surface area contributed by atoms with E-state index in [0.29, 0.717) is 19.0 Å². The first-order chi connectivity index (χ1) is 16.6. The molecule has 0 radical (unpaired) electrons. The molecule has 0 spiro atoms. The van der Waals surface area contributed by atoms with Gasteiger partial charge in [0, 0.05) is 31.4 Å². The molecule has 1 aliphatic rings. The van der Waals surface area contributed by atoms with E-state index in [0.717, 1.165) is 18.2 Å². The molecule has 15 heteroatoms. The van der Waals surface area contributed by atoms with Crippen LogP contribution in [-0.4, -0.2) is 54.8 Å². The molecule has 3 rings (SSSR count). The van der Waals surface area contributed by atoms with Crippen LogP contribution in [0.15, 0.2) is 29.3 Å². The van der Waals surface area contributed by atoms with Gasteiger partial charge in [0.15, 0.2) is 5.75 Å². The molecule has 0 amide bonds. The molecule has 200 valence electrons. The van der Waals surface area contributed by atoms with Crippen molar-refractivity contribution in [1.29, 1.82) is 0 Å². The number of hydrogen-bond acceptors (Lipinski definition) is 8. The van der Waals surface area contributed by atoms with Crippen LogP contribution < -0.4 is 19.7 Å². The van der Waals surface area contributed by atoms with E-state index in [1.54, 1.807) is 13.8 Å². The standard InChI is InChI=1S/C21H26F5N5O4S/c1-12(2)30-36(33,34)13-5-6-15(16(9-13)35-18(22)23)28-19-27-10-14(21(24,25)26)17(29-19)31-8-4-7-20(3,32)11-31/h5-6,9-10,12,18,30,32H,4,7-8,11H2,1-3H3,(H,27,28,29)/t20-/m0/s1. The van der Waals surface area contributed by atoms with Crippen molar-refractivity contribution in [3.8, 4) is 5.75 Å². The number of sulfonamides is 1. The zero-order valence-electron chi connectivity index (χ0n) is 19.6. The Hall–Kier alpha value is -2.78. The van der Waals surface area contributed by atoms with Crippen molar-refractivity contribution in [2.24, 2.45) is 0 Å². The fourth-order valence-electron chi connectivity index (χ4n) is 3.74. The summed E-state index contributed by atoms with van der Waals surface area (Å²) in [6.45, 7) is 1.43. The molecule has 0 bridgehead atoms. The number of nitrogens with one attached hydrogen (secondary N) is 2. The number of halogens is 5. The maximum absolute atomic E-state index is 13.7. The van der Waals surface area contributed by atoms with Gasteiger partial charge in [-0.25, -0.2) is 18.1 Å². The number of hydrogen-bond donors (Lipinski definition) is 3. The Kier molecular flexibility index (Phi) is 7.95. The summed E-state index contributed by atoms with van der Waals surface area (Å²) in [4.78, 5) is 8.53. The number of nitrogens with zero attached hydrogens (tertiary/aromatic N) is 3. The van der Waals surface area contributed by atoms with Crippen LogP contribution in [0.3, 0.4) is 0 Å². The number of benzene rings is 1. The summed E-state index contributed by atoms with van der Waals surface area (Å²) >= 11 is 0. The Morgan fingerprint density at radius 3 is 2.53 bits per heavy atom. The monoisotopic (exact) mass is 539 g/mol. The minimum Gasteiger partial charge on any atom is -0.433 e. The molecule has 2 aromatic rings. The van der Waals surface area contributed by atoms with Gasteiger partial charge in [0.2, 0.25) is 16.0 Å². The molecule has 0 unspecified atom stereocenters. The summed E-state index contributed by atoms with van der Waals surface area (Å²) in [5.41, 5.74) is -2.56. The van der Waals surface area contributed by atoms with E-state index in [1.165, 1.54) is 11.8 Å². The lowest BCUT2D eigenvalue weighted by atomic mass is 9.95. The SMILES string of the molecule is CC(C)NS(=O)(=O)c1ccc(Nc2ncc(C(F)(F)F)c(N3CCC[C@](C)(O)C3)n2)c(OC(F)F)c1. The predicted octanol–water partition coefficient (Wildman–Crippen LogP) is 3.88. The molecule has 1 saturated heterocycles. The topological polar surface area (TPSA) is 117 Å². The first-order valence-electron chi connectivity index (χ1n) is 10.9. The fraction of sp³-hybridized carbons (Fsp3) is 0.524. The highest BCUT2D eigenvalue weighted by atomic mass is 32.2. The Balaban J connectivity index is 2.01. The number of piperidine rings is 1. The van der Waals surface area contributed by atoms with Gasteiger partial charge in [0.1, 0.15) is 11.4 Å². The van der Waals surface area contributed by atoms with Crippen molar-refractivity contribution in [3.05, 3.63) is 30.0 Å². The summed E-state index contributed by atoms with van der Waals surface area (Å²) in [7, 11) is -4.05. The van der Waals surface area contributed by atoms with Gasteiger partial charge >= 0.3 is 12.8 Å². The normalized spacial score (nSPS) is 19.1. The zero-order chi connectivity index (χ0) is 26.9. The maximum atomic E-state index is 13.7. The van der Waals surface area contributed by atoms with E-state index >= 15 is 0 Å². The van der Waals surface area contributed by atoms with Crippen molar-refractivity contribution in [3.63, 3.8) is 0 Å². The van der Waals surface area contributed by atoms with Crippen molar-refractivity contribution in [1.82, 2.24) is 14.7 Å². The summed E-state index contributed by atoms with van der Waals surface area (Å²) in [5, 5.41) is 12.9. The van der Waals surface area contributed by atoms with Crippen LogP contribution in [0.2, 0.25) is 0 Å². The van der Waals surface area contributed by atoms with Crippen molar-refractivity contribution in [2.75, 3.05) is 23.3 Å². The molecule has 0 aliphatic carbocycles. The molecular weight excluding hydrogens is 513 g/mol. The molecule has 1 fully saturated rings. The average Bonchev–Trinajstić information content (AvgIpc) is 2.72. The molecular formula is C21H26F5N5O4S. The highest BCUT2D eigenvalue weighted by molar-refractivity contribution is 7.89. The molecule has 0 saturated carbocycles. The molecule has 2 heterocycles. The van der Waals surface area contributed by atoms with Crippen molar-refractivity contribution < 1.29 is 40.2 Å². The zero-order valence-corrected chi connectivity index (χ0v) is 20.4. The maximum Gasteiger partial charge on any atom is 0.421 e. The van der Waals surface area contributed by atoms with Gasteiger partial charge in [-0.05, 0) is 45.7 Å². The van der Waals surface area contributed by atoms with Gasteiger partial charge in [0.25, 0.3) is 0 Å². The second-order valence-electron chi connectivity index (χ2n) is 8.89. The van der Waals surface area contributed by atoms with E-state index in [9.17, 15) is 35.5 Å². The van der Waals surface area contributed by atoms with Crippen LogP contribution in [0.25, 0.3) is 0 Å². The first kappa shape index (κ1) is 27.8. The van der Waals surface area contributed by atoms with E-state index in [-0.39, 0.29) is 29.6 Å².